The molecule has 11 nitrogen and oxygen atoms in total. The zero-order chi connectivity index (χ0) is 34.9. The molecule has 1 aliphatic rings. The van der Waals surface area contributed by atoms with Crippen molar-refractivity contribution in [2.24, 2.45) is 11.3 Å². The van der Waals surface area contributed by atoms with Crippen LogP contribution in [0.3, 0.4) is 0 Å². The van der Waals surface area contributed by atoms with E-state index in [0.717, 1.165) is 34.6 Å². The maximum Gasteiger partial charge on any atom is 0.227 e. The van der Waals surface area contributed by atoms with Crippen LogP contribution in [-0.4, -0.2) is 78.2 Å². The van der Waals surface area contributed by atoms with Gasteiger partial charge in [0, 0.05) is 48.4 Å². The molecule has 0 saturated heterocycles. The number of aromatic nitrogens is 3. The van der Waals surface area contributed by atoms with Crippen LogP contribution in [0.25, 0.3) is 22.5 Å². The number of nitrogens with one attached hydrogen (secondary N) is 2. The molecule has 2 aromatic carbocycles. The third-order valence-corrected chi connectivity index (χ3v) is 8.66. The zero-order valence-electron chi connectivity index (χ0n) is 29.6. The number of rotatable bonds is 17. The van der Waals surface area contributed by atoms with E-state index in [2.05, 4.69) is 20.9 Å². The van der Waals surface area contributed by atoms with Gasteiger partial charge in [-0.2, -0.15) is 0 Å². The largest absolute Gasteiger partial charge is 0.378 e. The summed E-state index contributed by atoms with van der Waals surface area (Å²) in [5.41, 5.74) is 3.94. The van der Waals surface area contributed by atoms with Crippen LogP contribution >= 0.6 is 0 Å². The van der Waals surface area contributed by atoms with Crippen LogP contribution < -0.4 is 15.5 Å². The Bertz CT molecular complexity index is 1560. The lowest BCUT2D eigenvalue weighted by Crippen LogP contribution is -2.39. The third-order valence-electron chi connectivity index (χ3n) is 8.66. The highest BCUT2D eigenvalue weighted by atomic mass is 16.5. The lowest BCUT2D eigenvalue weighted by atomic mass is 9.83. The number of likely N-dealkylation sites (N-methyl/N-ethyl adjacent to an activating group) is 1. The van der Waals surface area contributed by atoms with Crippen LogP contribution in [0.1, 0.15) is 66.4 Å². The normalized spacial score (nSPS) is 13.0. The number of hydrogen-bond acceptors (Lipinski definition) is 8. The quantitative estimate of drug-likeness (QED) is 0.193. The number of benzene rings is 2. The number of carbonyl (C=O) groups excluding carboxylic acids is 3. The number of carbonyl (C=O) groups is 3. The molecule has 4 rings (SSSR count). The number of ketones is 1. The first-order valence-electron chi connectivity index (χ1n) is 16.9. The number of nitrogens with zero attached hydrogens (tertiary/aromatic N) is 4. The van der Waals surface area contributed by atoms with Crippen molar-refractivity contribution in [2.45, 2.75) is 79.5 Å². The Morgan fingerprint density at radius 3 is 2.38 bits per heavy atom. The highest BCUT2D eigenvalue weighted by Gasteiger charge is 2.33. The topological polar surface area (TPSA) is 128 Å². The molecular formula is C37H52N6O5. The van der Waals surface area contributed by atoms with Crippen molar-refractivity contribution >= 4 is 23.3 Å². The first kappa shape index (κ1) is 36.9. The van der Waals surface area contributed by atoms with E-state index in [1.807, 2.05) is 102 Å². The number of amides is 2. The van der Waals surface area contributed by atoms with Crippen molar-refractivity contribution in [2.75, 3.05) is 44.9 Å². The highest BCUT2D eigenvalue weighted by Crippen LogP contribution is 2.41. The maximum atomic E-state index is 13.8. The Morgan fingerprint density at radius 1 is 0.938 bits per heavy atom. The average Bonchev–Trinajstić information content (AvgIpc) is 3.47. The molecule has 0 atom stereocenters. The van der Waals surface area contributed by atoms with E-state index in [-0.39, 0.29) is 36.4 Å². The summed E-state index contributed by atoms with van der Waals surface area (Å²) in [4.78, 5) is 41.0. The molecule has 260 valence electrons. The Hall–Kier alpha value is -3.93. The molecule has 0 aliphatic carbocycles. The predicted octanol–water partition coefficient (Wildman–Crippen LogP) is 5.03. The molecule has 11 heteroatoms. The van der Waals surface area contributed by atoms with Crippen molar-refractivity contribution in [3.05, 3.63) is 54.1 Å². The summed E-state index contributed by atoms with van der Waals surface area (Å²) in [6.07, 6.45) is 0.683. The van der Waals surface area contributed by atoms with E-state index in [9.17, 15) is 14.4 Å². The number of fused-ring (bicyclic) bond motifs is 5. The van der Waals surface area contributed by atoms with E-state index in [4.69, 9.17) is 9.47 Å². The van der Waals surface area contributed by atoms with Gasteiger partial charge in [0.05, 0.1) is 49.9 Å². The lowest BCUT2D eigenvalue weighted by Gasteiger charge is -2.32. The number of ether oxygens (including phenoxy) is 2. The minimum Gasteiger partial charge on any atom is -0.378 e. The molecular weight excluding hydrogens is 608 g/mol. The Kier molecular flexibility index (Phi) is 12.6. The van der Waals surface area contributed by atoms with Crippen LogP contribution in [0.4, 0.5) is 5.69 Å². The van der Waals surface area contributed by atoms with Crippen molar-refractivity contribution in [3.8, 4) is 22.5 Å². The fourth-order valence-corrected chi connectivity index (χ4v) is 5.87. The standard InChI is InChI=1S/C37H52N6O5/c1-26(2)35(46)36(3,4)25-48-37(5,6)18-19-39-31(44)16-17-32(45)42-24-27-12-8-9-13-28(27)34-33(29-14-10-11-15-30(29)42)40-41-43(34)21-23-47-22-20-38-7/h8-15,26,38H,16-25H2,1-7H3,(H,39,44). The molecule has 2 amide bonds. The Labute approximate surface area is 284 Å². The predicted molar refractivity (Wildman–Crippen MR) is 187 cm³/mol. The fraction of sp³-hybridized carbons (Fsp3) is 0.541. The molecule has 0 radical (unpaired) electrons. The minimum atomic E-state index is -0.584. The molecule has 0 spiro atoms. The van der Waals surface area contributed by atoms with Gasteiger partial charge in [0.1, 0.15) is 11.5 Å². The van der Waals surface area contributed by atoms with Crippen molar-refractivity contribution in [1.82, 2.24) is 25.6 Å². The summed E-state index contributed by atoms with van der Waals surface area (Å²) in [5, 5.41) is 15.1. The summed E-state index contributed by atoms with van der Waals surface area (Å²) in [6.45, 7) is 15.0. The summed E-state index contributed by atoms with van der Waals surface area (Å²) >= 11 is 0. The highest BCUT2D eigenvalue weighted by molar-refractivity contribution is 6.01. The summed E-state index contributed by atoms with van der Waals surface area (Å²) in [5.74, 6) is -0.248. The first-order chi connectivity index (χ1) is 22.8. The number of hydrogen-bond donors (Lipinski definition) is 2. The average molecular weight is 661 g/mol. The summed E-state index contributed by atoms with van der Waals surface area (Å²) < 4.78 is 13.8. The minimum absolute atomic E-state index is 0.0528. The molecule has 2 N–H and O–H groups in total. The SMILES string of the molecule is CNCCOCCn1nnc2c1-c1ccccc1CN(C(=O)CCC(=O)NCCC(C)(C)OCC(C)(C)C(=O)C(C)C)c1ccccc1-2. The molecule has 0 fully saturated rings. The van der Waals surface area contributed by atoms with Gasteiger partial charge >= 0.3 is 0 Å². The van der Waals surface area contributed by atoms with Gasteiger partial charge in [-0.1, -0.05) is 75.4 Å². The van der Waals surface area contributed by atoms with E-state index >= 15 is 0 Å². The van der Waals surface area contributed by atoms with Gasteiger partial charge in [0.15, 0.2) is 0 Å². The van der Waals surface area contributed by atoms with E-state index in [1.165, 1.54) is 0 Å². The number of anilines is 1. The monoisotopic (exact) mass is 660 g/mol. The summed E-state index contributed by atoms with van der Waals surface area (Å²) in [7, 11) is 1.89. The van der Waals surface area contributed by atoms with Crippen LogP contribution in [0.5, 0.6) is 0 Å². The molecule has 48 heavy (non-hydrogen) atoms. The zero-order valence-corrected chi connectivity index (χ0v) is 29.6. The van der Waals surface area contributed by atoms with Gasteiger partial charge in [-0.05, 0) is 38.9 Å². The van der Waals surface area contributed by atoms with Gasteiger partial charge in [-0.15, -0.1) is 5.10 Å². The van der Waals surface area contributed by atoms with Gasteiger partial charge < -0.3 is 25.0 Å². The van der Waals surface area contributed by atoms with Gasteiger partial charge in [-0.25, -0.2) is 4.68 Å². The smallest absolute Gasteiger partial charge is 0.227 e. The van der Waals surface area contributed by atoms with Crippen LogP contribution in [-0.2, 0) is 36.9 Å². The molecule has 2 heterocycles. The van der Waals surface area contributed by atoms with Crippen LogP contribution in [0.15, 0.2) is 48.5 Å². The lowest BCUT2D eigenvalue weighted by molar-refractivity contribution is -0.138. The van der Waals surface area contributed by atoms with Crippen LogP contribution in [0, 0.1) is 11.3 Å². The fourth-order valence-electron chi connectivity index (χ4n) is 5.87. The molecule has 1 aliphatic heterocycles. The van der Waals surface area contributed by atoms with Crippen molar-refractivity contribution < 1.29 is 23.9 Å². The van der Waals surface area contributed by atoms with E-state index in [0.29, 0.717) is 51.6 Å². The Morgan fingerprint density at radius 2 is 1.65 bits per heavy atom. The Balaban J connectivity index is 1.41. The van der Waals surface area contributed by atoms with Crippen molar-refractivity contribution in [1.29, 1.82) is 0 Å². The molecule has 0 saturated carbocycles. The van der Waals surface area contributed by atoms with Gasteiger partial charge in [-0.3, -0.25) is 14.4 Å². The van der Waals surface area contributed by atoms with E-state index in [1.54, 1.807) is 4.90 Å². The van der Waals surface area contributed by atoms with E-state index < -0.39 is 11.0 Å². The molecule has 1 aromatic heterocycles. The maximum absolute atomic E-state index is 13.8. The number of Topliss-reactive ketones (excluding diaryl/α,β-unsaturated/α-hetero) is 1. The van der Waals surface area contributed by atoms with Crippen molar-refractivity contribution in [3.63, 3.8) is 0 Å². The second-order valence-electron chi connectivity index (χ2n) is 13.9. The molecule has 0 unspecified atom stereocenters. The summed E-state index contributed by atoms with van der Waals surface area (Å²) in [6, 6.07) is 15.7. The number of para-hydroxylation sites is 1. The third kappa shape index (κ3) is 9.36. The second-order valence-corrected chi connectivity index (χ2v) is 13.9. The van der Waals surface area contributed by atoms with Gasteiger partial charge in [0.25, 0.3) is 0 Å². The molecule has 3 aromatic rings. The molecule has 0 bridgehead atoms. The van der Waals surface area contributed by atoms with Gasteiger partial charge in [0.2, 0.25) is 11.8 Å². The van der Waals surface area contributed by atoms with Crippen LogP contribution in [0.2, 0.25) is 0 Å². The second kappa shape index (κ2) is 16.5. The first-order valence-corrected chi connectivity index (χ1v) is 16.9.